The number of halogens is 2. The number of benzene rings is 1. The molecule has 1 rings (SSSR count). The molecule has 0 aromatic heterocycles. The summed E-state index contributed by atoms with van der Waals surface area (Å²) in [7, 11) is 0. The molecule has 0 saturated heterocycles. The van der Waals surface area contributed by atoms with Gasteiger partial charge >= 0.3 is 0 Å². The first kappa shape index (κ1) is 13.1. The van der Waals surface area contributed by atoms with E-state index in [1.807, 2.05) is 20.8 Å². The van der Waals surface area contributed by atoms with Crippen molar-refractivity contribution in [1.29, 1.82) is 0 Å². The predicted octanol–water partition coefficient (Wildman–Crippen LogP) is 2.76. The van der Waals surface area contributed by atoms with Crippen molar-refractivity contribution in [2.45, 2.75) is 26.8 Å². The Morgan fingerprint density at radius 3 is 2.31 bits per heavy atom. The molecule has 1 aromatic carbocycles. The van der Waals surface area contributed by atoms with E-state index in [0.29, 0.717) is 5.92 Å². The van der Waals surface area contributed by atoms with Gasteiger partial charge in [-0.3, -0.25) is 11.3 Å². The van der Waals surface area contributed by atoms with Gasteiger partial charge in [0.15, 0.2) is 0 Å². The molecule has 1 aromatic rings. The van der Waals surface area contributed by atoms with Gasteiger partial charge in [0.2, 0.25) is 0 Å². The lowest BCUT2D eigenvalue weighted by atomic mass is 9.86. The SMILES string of the molecule is CC(C)C(C)C(NN)c1cc(F)ccc1F. The van der Waals surface area contributed by atoms with E-state index in [1.54, 1.807) is 0 Å². The minimum atomic E-state index is -0.451. The van der Waals surface area contributed by atoms with Crippen molar-refractivity contribution in [3.63, 3.8) is 0 Å². The first-order valence-corrected chi connectivity index (χ1v) is 5.38. The van der Waals surface area contributed by atoms with E-state index in [9.17, 15) is 8.78 Å². The number of nitrogens with two attached hydrogens (primary N) is 1. The summed E-state index contributed by atoms with van der Waals surface area (Å²) >= 11 is 0. The fourth-order valence-electron chi connectivity index (χ4n) is 1.66. The van der Waals surface area contributed by atoms with Crippen LogP contribution in [0.3, 0.4) is 0 Å². The molecule has 2 nitrogen and oxygen atoms in total. The number of nitrogens with one attached hydrogen (secondary N) is 1. The molecule has 2 atom stereocenters. The second kappa shape index (κ2) is 5.37. The van der Waals surface area contributed by atoms with Gasteiger partial charge in [-0.25, -0.2) is 8.78 Å². The van der Waals surface area contributed by atoms with Crippen LogP contribution in [0.4, 0.5) is 8.78 Å². The minimum absolute atomic E-state index is 0.112. The molecule has 90 valence electrons. The van der Waals surface area contributed by atoms with E-state index in [2.05, 4.69) is 5.43 Å². The van der Waals surface area contributed by atoms with E-state index in [1.165, 1.54) is 6.07 Å². The van der Waals surface area contributed by atoms with Gasteiger partial charge in [0.05, 0.1) is 6.04 Å². The molecule has 16 heavy (non-hydrogen) atoms. The first-order chi connectivity index (χ1) is 7.47. The van der Waals surface area contributed by atoms with Gasteiger partial charge < -0.3 is 0 Å². The second-order valence-corrected chi connectivity index (χ2v) is 4.41. The Morgan fingerprint density at radius 2 is 1.81 bits per heavy atom. The summed E-state index contributed by atoms with van der Waals surface area (Å²) in [6.07, 6.45) is 0. The molecule has 0 radical (unpaired) electrons. The Labute approximate surface area is 94.8 Å². The van der Waals surface area contributed by atoms with Crippen LogP contribution in [0.15, 0.2) is 18.2 Å². The van der Waals surface area contributed by atoms with Crippen LogP contribution in [0.5, 0.6) is 0 Å². The second-order valence-electron chi connectivity index (χ2n) is 4.41. The van der Waals surface area contributed by atoms with E-state index < -0.39 is 11.6 Å². The van der Waals surface area contributed by atoms with Gasteiger partial charge in [-0.15, -0.1) is 0 Å². The van der Waals surface area contributed by atoms with Crippen LogP contribution in [0.25, 0.3) is 0 Å². The van der Waals surface area contributed by atoms with Crippen molar-refractivity contribution in [1.82, 2.24) is 5.43 Å². The van der Waals surface area contributed by atoms with Gasteiger partial charge in [0.25, 0.3) is 0 Å². The van der Waals surface area contributed by atoms with Crippen LogP contribution >= 0.6 is 0 Å². The minimum Gasteiger partial charge on any atom is -0.271 e. The van der Waals surface area contributed by atoms with Gasteiger partial charge in [0, 0.05) is 5.56 Å². The summed E-state index contributed by atoms with van der Waals surface area (Å²) in [6, 6.07) is 3.04. The maximum Gasteiger partial charge on any atom is 0.128 e. The zero-order valence-electron chi connectivity index (χ0n) is 9.80. The summed E-state index contributed by atoms with van der Waals surface area (Å²) in [5.74, 6) is 4.97. The average Bonchev–Trinajstić information content (AvgIpc) is 2.23. The van der Waals surface area contributed by atoms with Crippen molar-refractivity contribution >= 4 is 0 Å². The lowest BCUT2D eigenvalue weighted by Crippen LogP contribution is -2.35. The molecule has 0 bridgehead atoms. The summed E-state index contributed by atoms with van der Waals surface area (Å²) < 4.78 is 26.6. The highest BCUT2D eigenvalue weighted by Gasteiger charge is 2.23. The summed E-state index contributed by atoms with van der Waals surface area (Å²) in [4.78, 5) is 0. The van der Waals surface area contributed by atoms with Gasteiger partial charge in [-0.05, 0) is 30.0 Å². The third kappa shape index (κ3) is 2.77. The van der Waals surface area contributed by atoms with Crippen molar-refractivity contribution < 1.29 is 8.78 Å². The molecule has 0 spiro atoms. The monoisotopic (exact) mass is 228 g/mol. The van der Waals surface area contributed by atoms with Crippen molar-refractivity contribution in [2.24, 2.45) is 17.7 Å². The van der Waals surface area contributed by atoms with Crippen LogP contribution in [-0.2, 0) is 0 Å². The number of hydrazine groups is 1. The average molecular weight is 228 g/mol. The first-order valence-electron chi connectivity index (χ1n) is 5.38. The van der Waals surface area contributed by atoms with Crippen molar-refractivity contribution in [3.05, 3.63) is 35.4 Å². The van der Waals surface area contributed by atoms with Gasteiger partial charge in [-0.1, -0.05) is 20.8 Å². The Hall–Kier alpha value is -1.00. The normalized spacial score (nSPS) is 15.2. The highest BCUT2D eigenvalue weighted by molar-refractivity contribution is 5.23. The van der Waals surface area contributed by atoms with E-state index in [4.69, 9.17) is 5.84 Å². The highest BCUT2D eigenvalue weighted by atomic mass is 19.1. The zero-order chi connectivity index (χ0) is 12.3. The summed E-state index contributed by atoms with van der Waals surface area (Å²) in [5.41, 5.74) is 2.84. The molecule has 0 saturated carbocycles. The van der Waals surface area contributed by atoms with Crippen LogP contribution < -0.4 is 11.3 Å². The highest BCUT2D eigenvalue weighted by Crippen LogP contribution is 2.29. The number of hydrogen-bond donors (Lipinski definition) is 2. The maximum atomic E-state index is 13.6. The van der Waals surface area contributed by atoms with Gasteiger partial charge in [0.1, 0.15) is 11.6 Å². The number of hydrogen-bond acceptors (Lipinski definition) is 2. The maximum absolute atomic E-state index is 13.6. The molecule has 0 fully saturated rings. The van der Waals surface area contributed by atoms with E-state index >= 15 is 0 Å². The van der Waals surface area contributed by atoms with Gasteiger partial charge in [-0.2, -0.15) is 0 Å². The predicted molar refractivity (Wildman–Crippen MR) is 60.4 cm³/mol. The Kier molecular flexibility index (Phi) is 4.38. The molecule has 0 amide bonds. The smallest absolute Gasteiger partial charge is 0.128 e. The topological polar surface area (TPSA) is 38.0 Å². The summed E-state index contributed by atoms with van der Waals surface area (Å²) in [5, 5.41) is 0. The molecule has 3 N–H and O–H groups in total. The molecule has 0 aliphatic carbocycles. The van der Waals surface area contributed by atoms with E-state index in [-0.39, 0.29) is 17.5 Å². The van der Waals surface area contributed by atoms with Crippen LogP contribution in [-0.4, -0.2) is 0 Å². The largest absolute Gasteiger partial charge is 0.271 e. The molecule has 0 aliphatic heterocycles. The third-order valence-electron chi connectivity index (χ3n) is 3.05. The molecule has 4 heteroatoms. The molecule has 0 aliphatic rings. The van der Waals surface area contributed by atoms with Crippen LogP contribution in [0.2, 0.25) is 0 Å². The molecular weight excluding hydrogens is 210 g/mol. The fourth-order valence-corrected chi connectivity index (χ4v) is 1.66. The Morgan fingerprint density at radius 1 is 1.19 bits per heavy atom. The molecule has 0 heterocycles. The Balaban J connectivity index is 3.07. The fraction of sp³-hybridized carbons (Fsp3) is 0.500. The zero-order valence-corrected chi connectivity index (χ0v) is 9.80. The quantitative estimate of drug-likeness (QED) is 0.614. The molecule has 2 unspecified atom stereocenters. The third-order valence-corrected chi connectivity index (χ3v) is 3.05. The summed E-state index contributed by atoms with van der Waals surface area (Å²) in [6.45, 7) is 6.00. The van der Waals surface area contributed by atoms with Crippen molar-refractivity contribution in [3.8, 4) is 0 Å². The standard InChI is InChI=1S/C12H18F2N2/c1-7(2)8(3)12(16-15)10-6-9(13)4-5-11(10)14/h4-8,12,16H,15H2,1-3H3. The van der Waals surface area contributed by atoms with E-state index in [0.717, 1.165) is 12.1 Å². The lowest BCUT2D eigenvalue weighted by Gasteiger charge is -2.27. The van der Waals surface area contributed by atoms with Crippen molar-refractivity contribution in [2.75, 3.05) is 0 Å². The van der Waals surface area contributed by atoms with Crippen LogP contribution in [0.1, 0.15) is 32.4 Å². The molecular formula is C12H18F2N2. The lowest BCUT2D eigenvalue weighted by molar-refractivity contribution is 0.299. The number of rotatable bonds is 4. The Bertz CT molecular complexity index is 353. The van der Waals surface area contributed by atoms with Crippen LogP contribution in [0, 0.1) is 23.5 Å².